The second-order valence-corrected chi connectivity index (χ2v) is 6.21. The van der Waals surface area contributed by atoms with E-state index in [0.717, 1.165) is 30.8 Å². The summed E-state index contributed by atoms with van der Waals surface area (Å²) < 4.78 is 21.0. The number of halogens is 2. The number of hydrogen-bond acceptors (Lipinski definition) is 4. The van der Waals surface area contributed by atoms with Gasteiger partial charge in [0.05, 0.1) is 13.2 Å². The summed E-state index contributed by atoms with van der Waals surface area (Å²) in [6.07, 6.45) is 3.53. The Morgan fingerprint density at radius 3 is 2.79 bits per heavy atom. The second kappa shape index (κ2) is 12.5. The average molecular weight is 504 g/mol. The molecular formula is C19H30FIN6O. The number of nitrogens with zero attached hydrogens (tertiary/aromatic N) is 4. The van der Waals surface area contributed by atoms with Crippen molar-refractivity contribution >= 4 is 29.9 Å². The van der Waals surface area contributed by atoms with Crippen LogP contribution < -0.4 is 15.4 Å². The molecule has 2 aromatic rings. The van der Waals surface area contributed by atoms with Gasteiger partial charge in [-0.2, -0.15) is 0 Å². The standard InChI is InChI=1S/C19H29FN6O.HI/c1-5-9-21-19(22-10-11-26-13-23-25-18(26)6-2)24-14(3)15-7-8-17(27-4)16(20)12-15;/h7-8,12-14H,5-6,9-11H2,1-4H3,(H2,21,22,24);1H. The maximum Gasteiger partial charge on any atom is 0.191 e. The molecule has 0 radical (unpaired) electrons. The Labute approximate surface area is 183 Å². The van der Waals surface area contributed by atoms with E-state index in [0.29, 0.717) is 19.0 Å². The van der Waals surface area contributed by atoms with E-state index < -0.39 is 0 Å². The summed E-state index contributed by atoms with van der Waals surface area (Å²) in [5.74, 6) is 1.53. The quantitative estimate of drug-likeness (QED) is 0.312. The van der Waals surface area contributed by atoms with Crippen LogP contribution in [0.5, 0.6) is 5.75 Å². The Bertz CT molecular complexity index is 752. The minimum Gasteiger partial charge on any atom is -0.494 e. The summed E-state index contributed by atoms with van der Waals surface area (Å²) in [5.41, 5.74) is 0.825. The van der Waals surface area contributed by atoms with Crippen LogP contribution >= 0.6 is 24.0 Å². The largest absolute Gasteiger partial charge is 0.494 e. The van der Waals surface area contributed by atoms with Gasteiger partial charge >= 0.3 is 0 Å². The zero-order valence-electron chi connectivity index (χ0n) is 16.9. The van der Waals surface area contributed by atoms with Gasteiger partial charge in [-0.15, -0.1) is 34.2 Å². The van der Waals surface area contributed by atoms with Crippen molar-refractivity contribution in [1.29, 1.82) is 0 Å². The predicted molar refractivity (Wildman–Crippen MR) is 120 cm³/mol. The molecular weight excluding hydrogens is 474 g/mol. The van der Waals surface area contributed by atoms with E-state index in [4.69, 9.17) is 4.74 Å². The third-order valence-corrected chi connectivity index (χ3v) is 4.18. The molecule has 0 amide bonds. The summed E-state index contributed by atoms with van der Waals surface area (Å²) in [4.78, 5) is 4.56. The van der Waals surface area contributed by atoms with Crippen LogP contribution in [0.15, 0.2) is 29.5 Å². The maximum absolute atomic E-state index is 14.0. The minimum atomic E-state index is -0.372. The maximum atomic E-state index is 14.0. The molecule has 0 fully saturated rings. The van der Waals surface area contributed by atoms with Gasteiger partial charge in [-0.1, -0.05) is 19.9 Å². The molecule has 9 heteroatoms. The summed E-state index contributed by atoms with van der Waals surface area (Å²) in [6, 6.07) is 4.87. The zero-order valence-corrected chi connectivity index (χ0v) is 19.2. The highest BCUT2D eigenvalue weighted by molar-refractivity contribution is 14.0. The Hall–Kier alpha value is -1.91. The molecule has 0 aliphatic rings. The van der Waals surface area contributed by atoms with Crippen LogP contribution in [0.4, 0.5) is 4.39 Å². The van der Waals surface area contributed by atoms with Gasteiger partial charge in [0.15, 0.2) is 17.5 Å². The molecule has 2 rings (SSSR count). The van der Waals surface area contributed by atoms with Crippen molar-refractivity contribution in [3.8, 4) is 5.75 Å². The van der Waals surface area contributed by atoms with Crippen LogP contribution in [0.1, 0.15) is 44.6 Å². The Balaban J connectivity index is 0.00000392. The molecule has 1 heterocycles. The van der Waals surface area contributed by atoms with Crippen LogP contribution in [0.2, 0.25) is 0 Å². The number of rotatable bonds is 9. The average Bonchev–Trinajstić information content (AvgIpc) is 3.13. The minimum absolute atomic E-state index is 0. The molecule has 0 aliphatic heterocycles. The first kappa shape index (κ1) is 24.1. The molecule has 1 atom stereocenters. The van der Waals surface area contributed by atoms with Crippen molar-refractivity contribution in [2.75, 3.05) is 20.2 Å². The van der Waals surface area contributed by atoms with E-state index in [2.05, 4.69) is 39.7 Å². The van der Waals surface area contributed by atoms with Gasteiger partial charge in [0, 0.05) is 26.1 Å². The molecule has 7 nitrogen and oxygen atoms in total. The first-order valence-corrected chi connectivity index (χ1v) is 9.34. The molecule has 28 heavy (non-hydrogen) atoms. The third-order valence-electron chi connectivity index (χ3n) is 4.18. The molecule has 156 valence electrons. The molecule has 1 aromatic heterocycles. The van der Waals surface area contributed by atoms with Crippen LogP contribution in [0.3, 0.4) is 0 Å². The zero-order chi connectivity index (χ0) is 19.6. The topological polar surface area (TPSA) is 76.4 Å². The van der Waals surface area contributed by atoms with E-state index in [1.54, 1.807) is 12.4 Å². The van der Waals surface area contributed by atoms with Crippen molar-refractivity contribution in [3.05, 3.63) is 41.7 Å². The van der Waals surface area contributed by atoms with E-state index in [9.17, 15) is 4.39 Å². The van der Waals surface area contributed by atoms with Crippen LogP contribution in [-0.2, 0) is 13.0 Å². The molecule has 0 spiro atoms. The van der Waals surface area contributed by atoms with Gasteiger partial charge in [-0.25, -0.2) is 4.39 Å². The number of ether oxygens (including phenoxy) is 1. The first-order valence-electron chi connectivity index (χ1n) is 9.34. The fourth-order valence-electron chi connectivity index (χ4n) is 2.65. The van der Waals surface area contributed by atoms with Gasteiger partial charge in [0.25, 0.3) is 0 Å². The molecule has 0 saturated carbocycles. The number of nitrogens with one attached hydrogen (secondary N) is 2. The summed E-state index contributed by atoms with van der Waals surface area (Å²) >= 11 is 0. The smallest absolute Gasteiger partial charge is 0.191 e. The normalized spacial score (nSPS) is 12.2. The molecule has 2 N–H and O–H groups in total. The molecule has 0 saturated heterocycles. The SMILES string of the molecule is CCCN=C(NCCn1cnnc1CC)NC(C)c1ccc(OC)c(F)c1.I. The lowest BCUT2D eigenvalue weighted by Crippen LogP contribution is -2.40. The van der Waals surface area contributed by atoms with E-state index in [-0.39, 0.29) is 41.6 Å². The number of benzene rings is 1. The second-order valence-electron chi connectivity index (χ2n) is 6.21. The monoisotopic (exact) mass is 504 g/mol. The van der Waals surface area contributed by atoms with Gasteiger partial charge in [-0.05, 0) is 31.0 Å². The third kappa shape index (κ3) is 6.92. The van der Waals surface area contributed by atoms with Gasteiger partial charge in [-0.3, -0.25) is 4.99 Å². The number of aromatic nitrogens is 3. The van der Waals surface area contributed by atoms with Gasteiger partial charge < -0.3 is 19.9 Å². The molecule has 1 unspecified atom stereocenters. The summed E-state index contributed by atoms with van der Waals surface area (Å²) in [6.45, 7) is 8.25. The van der Waals surface area contributed by atoms with Crippen molar-refractivity contribution < 1.29 is 9.13 Å². The first-order chi connectivity index (χ1) is 13.1. The Morgan fingerprint density at radius 1 is 1.36 bits per heavy atom. The van der Waals surface area contributed by atoms with Crippen molar-refractivity contribution in [3.63, 3.8) is 0 Å². The highest BCUT2D eigenvalue weighted by Gasteiger charge is 2.11. The number of guanidine groups is 1. The Kier molecular flexibility index (Phi) is 10.8. The number of aryl methyl sites for hydroxylation is 1. The van der Waals surface area contributed by atoms with E-state index >= 15 is 0 Å². The lowest BCUT2D eigenvalue weighted by molar-refractivity contribution is 0.386. The number of hydrogen-bond donors (Lipinski definition) is 2. The highest BCUT2D eigenvalue weighted by Crippen LogP contribution is 2.21. The van der Waals surface area contributed by atoms with E-state index in [1.807, 2.05) is 17.6 Å². The summed E-state index contributed by atoms with van der Waals surface area (Å²) in [7, 11) is 1.46. The van der Waals surface area contributed by atoms with Crippen LogP contribution in [-0.4, -0.2) is 40.9 Å². The van der Waals surface area contributed by atoms with Gasteiger partial charge in [0.2, 0.25) is 0 Å². The fraction of sp³-hybridized carbons (Fsp3) is 0.526. The Morgan fingerprint density at radius 2 is 2.14 bits per heavy atom. The molecule has 0 bridgehead atoms. The van der Waals surface area contributed by atoms with E-state index in [1.165, 1.54) is 13.2 Å². The van der Waals surface area contributed by atoms with Crippen molar-refractivity contribution in [1.82, 2.24) is 25.4 Å². The molecule has 0 aliphatic carbocycles. The van der Waals surface area contributed by atoms with Gasteiger partial charge in [0.1, 0.15) is 12.2 Å². The highest BCUT2D eigenvalue weighted by atomic mass is 127. The van der Waals surface area contributed by atoms with Crippen LogP contribution in [0.25, 0.3) is 0 Å². The predicted octanol–water partition coefficient (Wildman–Crippen LogP) is 3.31. The van der Waals surface area contributed by atoms with Crippen molar-refractivity contribution in [2.24, 2.45) is 4.99 Å². The lowest BCUT2D eigenvalue weighted by Gasteiger charge is -2.19. The fourth-order valence-corrected chi connectivity index (χ4v) is 2.65. The number of methoxy groups -OCH3 is 1. The van der Waals surface area contributed by atoms with Crippen LogP contribution in [0, 0.1) is 5.82 Å². The summed E-state index contributed by atoms with van der Waals surface area (Å²) in [5, 5.41) is 14.7. The molecule has 1 aromatic carbocycles. The van der Waals surface area contributed by atoms with Crippen molar-refractivity contribution in [2.45, 2.75) is 46.2 Å². The lowest BCUT2D eigenvalue weighted by atomic mass is 10.1. The number of aliphatic imine (C=N–C) groups is 1.